The number of rotatable bonds is 1. The molecule has 3 aliphatic heterocycles. The van der Waals surface area contributed by atoms with Crippen molar-refractivity contribution in [2.45, 2.75) is 63.9 Å². The molecule has 4 atom stereocenters. The lowest BCUT2D eigenvalue weighted by atomic mass is 10.1. The lowest BCUT2D eigenvalue weighted by molar-refractivity contribution is -0.222. The number of hydrogen-bond donors (Lipinski definition) is 1. The lowest BCUT2D eigenvalue weighted by Crippen LogP contribution is -2.32. The zero-order chi connectivity index (χ0) is 13.1. The molecule has 0 aromatic heterocycles. The van der Waals surface area contributed by atoms with Gasteiger partial charge in [-0.05, 0) is 13.8 Å². The van der Waals surface area contributed by atoms with Crippen molar-refractivity contribution >= 4 is 0 Å². The standard InChI is InChI=1S/C12H18O6/c1-11(2)14-5-6(16-11)7-8-9(10(13)15-7)18-12(3,4)17-8/h5,7-10,13H,1-4H3/t7?,8-,9-,10-/m1/s1. The van der Waals surface area contributed by atoms with Crippen molar-refractivity contribution in [2.24, 2.45) is 0 Å². The zero-order valence-electron chi connectivity index (χ0n) is 10.9. The molecule has 3 aliphatic rings. The van der Waals surface area contributed by atoms with Gasteiger partial charge >= 0.3 is 0 Å². The van der Waals surface area contributed by atoms with Crippen LogP contribution in [0.15, 0.2) is 12.0 Å². The Bertz CT molecular complexity index is 388. The first-order valence-electron chi connectivity index (χ1n) is 6.03. The molecule has 1 unspecified atom stereocenters. The molecule has 6 heteroatoms. The predicted octanol–water partition coefficient (Wildman–Crippen LogP) is 0.848. The fourth-order valence-corrected chi connectivity index (χ4v) is 2.46. The van der Waals surface area contributed by atoms with Crippen molar-refractivity contribution in [1.82, 2.24) is 0 Å². The number of hydrogen-bond acceptors (Lipinski definition) is 6. The summed E-state index contributed by atoms with van der Waals surface area (Å²) < 4.78 is 27.8. The summed E-state index contributed by atoms with van der Waals surface area (Å²) >= 11 is 0. The van der Waals surface area contributed by atoms with Crippen LogP contribution in [0.5, 0.6) is 0 Å². The Morgan fingerprint density at radius 2 is 1.72 bits per heavy atom. The van der Waals surface area contributed by atoms with Crippen LogP contribution in [0.4, 0.5) is 0 Å². The predicted molar refractivity (Wildman–Crippen MR) is 59.0 cm³/mol. The molecule has 2 saturated heterocycles. The molecule has 0 aromatic rings. The van der Waals surface area contributed by atoms with Gasteiger partial charge in [0.2, 0.25) is 5.79 Å². The van der Waals surface area contributed by atoms with Crippen LogP contribution >= 0.6 is 0 Å². The maximum atomic E-state index is 9.84. The third-order valence-corrected chi connectivity index (χ3v) is 3.13. The second-order valence-electron chi connectivity index (χ2n) is 5.65. The molecule has 1 N–H and O–H groups in total. The second-order valence-corrected chi connectivity index (χ2v) is 5.65. The van der Waals surface area contributed by atoms with Gasteiger partial charge in [-0.25, -0.2) is 0 Å². The molecular weight excluding hydrogens is 240 g/mol. The number of aliphatic hydroxyl groups is 1. The molecule has 18 heavy (non-hydrogen) atoms. The average molecular weight is 258 g/mol. The SMILES string of the molecule is CC1(C)OC=C(C2O[C@@H](O)[C@@H]3OC(C)(C)O[C@H]23)O1. The highest BCUT2D eigenvalue weighted by atomic mass is 16.8. The quantitative estimate of drug-likeness (QED) is 0.752. The minimum absolute atomic E-state index is 0.390. The number of aliphatic hydroxyl groups excluding tert-OH is 1. The number of ether oxygens (including phenoxy) is 5. The molecule has 3 rings (SSSR count). The third kappa shape index (κ3) is 1.89. The van der Waals surface area contributed by atoms with E-state index in [0.717, 1.165) is 0 Å². The molecule has 2 fully saturated rings. The van der Waals surface area contributed by atoms with Gasteiger partial charge in [0, 0.05) is 13.8 Å². The van der Waals surface area contributed by atoms with Gasteiger partial charge in [0.05, 0.1) is 0 Å². The van der Waals surface area contributed by atoms with Crippen molar-refractivity contribution in [3.05, 3.63) is 12.0 Å². The molecule has 0 amide bonds. The Balaban J connectivity index is 1.79. The summed E-state index contributed by atoms with van der Waals surface area (Å²) in [5.74, 6) is -0.919. The van der Waals surface area contributed by atoms with Crippen LogP contribution in [0.1, 0.15) is 27.7 Å². The number of fused-ring (bicyclic) bond motifs is 1. The highest BCUT2D eigenvalue weighted by Crippen LogP contribution is 2.42. The van der Waals surface area contributed by atoms with Gasteiger partial charge in [0.1, 0.15) is 18.5 Å². The Hall–Kier alpha value is -0.820. The molecule has 102 valence electrons. The van der Waals surface area contributed by atoms with Crippen molar-refractivity contribution in [3.8, 4) is 0 Å². The van der Waals surface area contributed by atoms with E-state index in [9.17, 15) is 5.11 Å². The summed E-state index contributed by atoms with van der Waals surface area (Å²) in [5.41, 5.74) is 0. The highest BCUT2D eigenvalue weighted by molar-refractivity contribution is 5.11. The van der Waals surface area contributed by atoms with Crippen LogP contribution in [-0.4, -0.2) is 41.3 Å². The molecule has 0 bridgehead atoms. The molecule has 0 radical (unpaired) electrons. The van der Waals surface area contributed by atoms with E-state index < -0.39 is 36.2 Å². The fourth-order valence-electron chi connectivity index (χ4n) is 2.46. The van der Waals surface area contributed by atoms with E-state index in [-0.39, 0.29) is 0 Å². The summed E-state index contributed by atoms with van der Waals surface area (Å²) in [5, 5.41) is 9.84. The van der Waals surface area contributed by atoms with Crippen LogP contribution in [0.2, 0.25) is 0 Å². The van der Waals surface area contributed by atoms with E-state index in [2.05, 4.69) is 0 Å². The smallest absolute Gasteiger partial charge is 0.244 e. The minimum atomic E-state index is -1.02. The first-order valence-corrected chi connectivity index (χ1v) is 6.03. The summed E-state index contributed by atoms with van der Waals surface area (Å²) in [6.07, 6.45) is -0.908. The van der Waals surface area contributed by atoms with Crippen LogP contribution in [0.25, 0.3) is 0 Å². The maximum absolute atomic E-state index is 9.84. The normalized spacial score (nSPS) is 44.2. The molecular formula is C12H18O6. The monoisotopic (exact) mass is 258 g/mol. The first-order chi connectivity index (χ1) is 8.27. The molecule has 0 aromatic carbocycles. The van der Waals surface area contributed by atoms with Gasteiger partial charge in [0.25, 0.3) is 0 Å². The van der Waals surface area contributed by atoms with Gasteiger partial charge in [0.15, 0.2) is 23.9 Å². The zero-order valence-corrected chi connectivity index (χ0v) is 10.9. The van der Waals surface area contributed by atoms with Crippen molar-refractivity contribution in [3.63, 3.8) is 0 Å². The molecule has 3 heterocycles. The van der Waals surface area contributed by atoms with E-state index >= 15 is 0 Å². The Morgan fingerprint density at radius 3 is 2.33 bits per heavy atom. The Kier molecular flexibility index (Phi) is 2.45. The van der Waals surface area contributed by atoms with Crippen LogP contribution < -0.4 is 0 Å². The van der Waals surface area contributed by atoms with Crippen molar-refractivity contribution < 1.29 is 28.8 Å². The minimum Gasteiger partial charge on any atom is -0.457 e. The summed E-state index contributed by atoms with van der Waals surface area (Å²) in [6, 6.07) is 0. The first kappa shape index (κ1) is 12.2. The molecule has 0 saturated carbocycles. The van der Waals surface area contributed by atoms with E-state index in [1.807, 2.05) is 0 Å². The second kappa shape index (κ2) is 3.60. The van der Waals surface area contributed by atoms with Crippen molar-refractivity contribution in [2.75, 3.05) is 0 Å². The van der Waals surface area contributed by atoms with E-state index in [1.165, 1.54) is 6.26 Å². The van der Waals surface area contributed by atoms with E-state index in [0.29, 0.717) is 5.76 Å². The maximum Gasteiger partial charge on any atom is 0.244 e. The van der Waals surface area contributed by atoms with Gasteiger partial charge in [-0.1, -0.05) is 0 Å². The Labute approximate surface area is 105 Å². The lowest BCUT2D eigenvalue weighted by Gasteiger charge is -2.24. The third-order valence-electron chi connectivity index (χ3n) is 3.13. The van der Waals surface area contributed by atoms with E-state index in [4.69, 9.17) is 23.7 Å². The van der Waals surface area contributed by atoms with Gasteiger partial charge in [-0.3, -0.25) is 0 Å². The van der Waals surface area contributed by atoms with Crippen molar-refractivity contribution in [1.29, 1.82) is 0 Å². The topological polar surface area (TPSA) is 66.4 Å². The Morgan fingerprint density at radius 1 is 1.06 bits per heavy atom. The largest absolute Gasteiger partial charge is 0.457 e. The summed E-state index contributed by atoms with van der Waals surface area (Å²) in [7, 11) is 0. The highest BCUT2D eigenvalue weighted by Gasteiger charge is 2.57. The summed E-state index contributed by atoms with van der Waals surface area (Å²) in [4.78, 5) is 0. The molecule has 0 spiro atoms. The molecule has 0 aliphatic carbocycles. The van der Waals surface area contributed by atoms with Crippen LogP contribution in [-0.2, 0) is 23.7 Å². The van der Waals surface area contributed by atoms with E-state index in [1.54, 1.807) is 27.7 Å². The average Bonchev–Trinajstić information content (AvgIpc) is 2.81. The molecule has 6 nitrogen and oxygen atoms in total. The summed E-state index contributed by atoms with van der Waals surface area (Å²) in [6.45, 7) is 7.21. The van der Waals surface area contributed by atoms with Gasteiger partial charge < -0.3 is 28.8 Å². The van der Waals surface area contributed by atoms with Gasteiger partial charge in [-0.15, -0.1) is 0 Å². The van der Waals surface area contributed by atoms with Crippen LogP contribution in [0, 0.1) is 0 Å². The van der Waals surface area contributed by atoms with Crippen LogP contribution in [0.3, 0.4) is 0 Å². The van der Waals surface area contributed by atoms with Gasteiger partial charge in [-0.2, -0.15) is 0 Å². The fraction of sp³-hybridized carbons (Fsp3) is 0.833.